The number of nitrogens with one attached hydrogen (secondary N) is 1. The quantitative estimate of drug-likeness (QED) is 0.700. The maximum Gasteiger partial charge on any atom is 0.221 e. The van der Waals surface area contributed by atoms with E-state index < -0.39 is 0 Å². The number of rotatable bonds is 2. The van der Waals surface area contributed by atoms with Crippen molar-refractivity contribution in [3.05, 3.63) is 52.4 Å². The van der Waals surface area contributed by atoms with Gasteiger partial charge in [0.2, 0.25) is 5.91 Å². The van der Waals surface area contributed by atoms with Crippen molar-refractivity contribution in [3.63, 3.8) is 0 Å². The van der Waals surface area contributed by atoms with Crippen LogP contribution in [0.3, 0.4) is 0 Å². The van der Waals surface area contributed by atoms with E-state index in [0.717, 1.165) is 31.0 Å². The fourth-order valence-electron chi connectivity index (χ4n) is 2.04. The van der Waals surface area contributed by atoms with Crippen LogP contribution >= 0.6 is 23.6 Å². The zero-order valence-corrected chi connectivity index (χ0v) is 12.9. The van der Waals surface area contributed by atoms with Crippen molar-refractivity contribution in [2.75, 3.05) is 5.32 Å². The summed E-state index contributed by atoms with van der Waals surface area (Å²) in [5.74, 6) is -0.0813. The van der Waals surface area contributed by atoms with Gasteiger partial charge in [0.05, 0.1) is 5.52 Å². The zero-order chi connectivity index (χ0) is 14.8. The number of benzene rings is 2. The summed E-state index contributed by atoms with van der Waals surface area (Å²) >= 11 is 6.94. The Labute approximate surface area is 131 Å². The number of carbonyl (C=O) groups is 1. The van der Waals surface area contributed by atoms with Crippen LogP contribution in [0.1, 0.15) is 6.92 Å². The maximum absolute atomic E-state index is 11.0. The lowest BCUT2D eigenvalue weighted by molar-refractivity contribution is -0.114. The minimum absolute atomic E-state index is 0.0813. The standard InChI is InChI=1S/C16H12N2OS2/c1-10(19)17-12-8-6-11(7-9-12)15-18-14-5-3-2-4-13(14)16(20)21-15/h2-9H,1H3,(H,17,19). The van der Waals surface area contributed by atoms with Crippen LogP contribution in [-0.4, -0.2) is 10.9 Å². The van der Waals surface area contributed by atoms with E-state index in [9.17, 15) is 4.79 Å². The molecular formula is C16H12N2OS2. The predicted octanol–water partition coefficient (Wildman–Crippen LogP) is 4.65. The average molecular weight is 312 g/mol. The zero-order valence-electron chi connectivity index (χ0n) is 11.3. The first-order chi connectivity index (χ1) is 10.1. The molecule has 1 amide bonds. The molecule has 3 aromatic rings. The molecule has 0 fully saturated rings. The molecule has 0 bridgehead atoms. The van der Waals surface area contributed by atoms with Crippen LogP contribution in [0.2, 0.25) is 0 Å². The third-order valence-electron chi connectivity index (χ3n) is 2.99. The molecule has 0 aliphatic rings. The highest BCUT2D eigenvalue weighted by Gasteiger charge is 2.05. The first-order valence-corrected chi connectivity index (χ1v) is 7.64. The van der Waals surface area contributed by atoms with Gasteiger partial charge in [-0.2, -0.15) is 0 Å². The van der Waals surface area contributed by atoms with Gasteiger partial charge < -0.3 is 5.32 Å². The molecule has 104 valence electrons. The Kier molecular flexibility index (Phi) is 3.77. The van der Waals surface area contributed by atoms with Gasteiger partial charge in [0, 0.05) is 23.6 Å². The number of hydrogen-bond acceptors (Lipinski definition) is 4. The third kappa shape index (κ3) is 2.99. The molecule has 21 heavy (non-hydrogen) atoms. The van der Waals surface area contributed by atoms with Crippen molar-refractivity contribution in [1.29, 1.82) is 0 Å². The number of nitrogens with zero attached hydrogens (tertiary/aromatic N) is 1. The van der Waals surface area contributed by atoms with E-state index >= 15 is 0 Å². The highest BCUT2D eigenvalue weighted by molar-refractivity contribution is 7.74. The number of carbonyl (C=O) groups excluding carboxylic acids is 1. The molecule has 3 nitrogen and oxygen atoms in total. The minimum Gasteiger partial charge on any atom is -0.326 e. The van der Waals surface area contributed by atoms with E-state index in [2.05, 4.69) is 10.3 Å². The summed E-state index contributed by atoms with van der Waals surface area (Å²) < 4.78 is 0.835. The lowest BCUT2D eigenvalue weighted by atomic mass is 10.2. The number of para-hydroxylation sites is 1. The van der Waals surface area contributed by atoms with Gasteiger partial charge >= 0.3 is 0 Å². The van der Waals surface area contributed by atoms with E-state index in [-0.39, 0.29) is 5.91 Å². The average Bonchev–Trinajstić information content (AvgIpc) is 2.47. The molecule has 3 rings (SSSR count). The Morgan fingerprint density at radius 1 is 1.14 bits per heavy atom. The number of hydrogen-bond donors (Lipinski definition) is 1. The number of fused-ring (bicyclic) bond motifs is 1. The highest BCUT2D eigenvalue weighted by Crippen LogP contribution is 2.28. The van der Waals surface area contributed by atoms with Crippen LogP contribution in [0.5, 0.6) is 0 Å². The molecule has 1 N–H and O–H groups in total. The molecule has 1 heterocycles. The predicted molar refractivity (Wildman–Crippen MR) is 90.2 cm³/mol. The summed E-state index contributed by atoms with van der Waals surface area (Å²) in [6.07, 6.45) is 0. The summed E-state index contributed by atoms with van der Waals surface area (Å²) in [6, 6.07) is 15.5. The van der Waals surface area contributed by atoms with Crippen molar-refractivity contribution >= 4 is 46.1 Å². The van der Waals surface area contributed by atoms with Gasteiger partial charge in [0.25, 0.3) is 0 Å². The van der Waals surface area contributed by atoms with Crippen LogP contribution in [0.4, 0.5) is 5.69 Å². The van der Waals surface area contributed by atoms with E-state index in [0.29, 0.717) is 0 Å². The maximum atomic E-state index is 11.0. The molecule has 0 spiro atoms. The fourth-order valence-corrected chi connectivity index (χ4v) is 3.31. The molecule has 0 unspecified atom stereocenters. The van der Waals surface area contributed by atoms with Gasteiger partial charge in [-0.1, -0.05) is 30.4 Å². The smallest absolute Gasteiger partial charge is 0.221 e. The molecule has 0 atom stereocenters. The SMILES string of the molecule is CC(=O)Nc1ccc(-c2nc3ccccc3c(=S)s2)cc1. The summed E-state index contributed by atoms with van der Waals surface area (Å²) in [4.78, 5) is 15.7. The molecule has 0 radical (unpaired) electrons. The first kappa shape index (κ1) is 13.9. The molecule has 0 saturated carbocycles. The molecule has 1 aromatic heterocycles. The number of aromatic nitrogens is 1. The Hall–Kier alpha value is -2.11. The van der Waals surface area contributed by atoms with E-state index in [1.807, 2.05) is 48.5 Å². The van der Waals surface area contributed by atoms with Crippen molar-refractivity contribution < 1.29 is 4.79 Å². The van der Waals surface area contributed by atoms with Crippen LogP contribution in [0, 0.1) is 3.82 Å². The second kappa shape index (κ2) is 5.71. The van der Waals surface area contributed by atoms with Gasteiger partial charge in [0.15, 0.2) is 0 Å². The van der Waals surface area contributed by atoms with E-state index in [1.54, 1.807) is 0 Å². The van der Waals surface area contributed by atoms with E-state index in [4.69, 9.17) is 12.2 Å². The molecule has 0 saturated heterocycles. The summed E-state index contributed by atoms with van der Waals surface area (Å²) in [7, 11) is 0. The Morgan fingerprint density at radius 3 is 2.57 bits per heavy atom. The first-order valence-electron chi connectivity index (χ1n) is 6.41. The van der Waals surface area contributed by atoms with Crippen molar-refractivity contribution in [2.45, 2.75) is 6.92 Å². The Balaban J connectivity index is 2.04. The van der Waals surface area contributed by atoms with Gasteiger partial charge in [-0.05, 0) is 30.3 Å². The minimum atomic E-state index is -0.0813. The summed E-state index contributed by atoms with van der Waals surface area (Å²) in [6.45, 7) is 1.49. The fraction of sp³-hybridized carbons (Fsp3) is 0.0625. The van der Waals surface area contributed by atoms with Crippen molar-refractivity contribution in [1.82, 2.24) is 4.98 Å². The van der Waals surface area contributed by atoms with Crippen LogP contribution in [0.15, 0.2) is 48.5 Å². The second-order valence-electron chi connectivity index (χ2n) is 4.58. The van der Waals surface area contributed by atoms with Crippen molar-refractivity contribution in [2.24, 2.45) is 0 Å². The van der Waals surface area contributed by atoms with Crippen LogP contribution in [0.25, 0.3) is 21.5 Å². The van der Waals surface area contributed by atoms with E-state index in [1.165, 1.54) is 18.3 Å². The van der Waals surface area contributed by atoms with Crippen molar-refractivity contribution in [3.8, 4) is 10.6 Å². The highest BCUT2D eigenvalue weighted by atomic mass is 32.1. The monoisotopic (exact) mass is 312 g/mol. The summed E-state index contributed by atoms with van der Waals surface area (Å²) in [5, 5.41) is 4.64. The Bertz CT molecular complexity index is 869. The van der Waals surface area contributed by atoms with Crippen LogP contribution < -0.4 is 5.32 Å². The lowest BCUT2D eigenvalue weighted by Gasteiger charge is -2.05. The lowest BCUT2D eigenvalue weighted by Crippen LogP contribution is -2.05. The molecular weight excluding hydrogens is 300 g/mol. The second-order valence-corrected chi connectivity index (χ2v) is 6.25. The normalized spacial score (nSPS) is 10.5. The molecule has 0 aliphatic carbocycles. The number of amides is 1. The molecule has 0 aliphatic heterocycles. The Morgan fingerprint density at radius 2 is 1.86 bits per heavy atom. The van der Waals surface area contributed by atoms with Crippen LogP contribution in [-0.2, 0) is 4.79 Å². The largest absolute Gasteiger partial charge is 0.326 e. The van der Waals surface area contributed by atoms with Gasteiger partial charge in [0.1, 0.15) is 8.83 Å². The van der Waals surface area contributed by atoms with Gasteiger partial charge in [-0.15, -0.1) is 11.3 Å². The number of anilines is 1. The molecule has 2 aromatic carbocycles. The van der Waals surface area contributed by atoms with Gasteiger partial charge in [-0.3, -0.25) is 4.79 Å². The summed E-state index contributed by atoms with van der Waals surface area (Å²) in [5.41, 5.74) is 2.67. The third-order valence-corrected chi connectivity index (χ3v) is 4.38. The van der Waals surface area contributed by atoms with Gasteiger partial charge in [-0.25, -0.2) is 4.98 Å². The topological polar surface area (TPSA) is 42.0 Å². The molecule has 5 heteroatoms.